The van der Waals surface area contributed by atoms with Crippen molar-refractivity contribution >= 4 is 17.6 Å². The molecular formula is C23H23NO4. The molecule has 5 heteroatoms. The lowest BCUT2D eigenvalue weighted by Gasteiger charge is -2.24. The normalized spacial score (nSPS) is 24.9. The van der Waals surface area contributed by atoms with Crippen LogP contribution in [0.2, 0.25) is 0 Å². The predicted octanol–water partition coefficient (Wildman–Crippen LogP) is 3.77. The Bertz CT molecular complexity index is 892. The molecule has 1 amide bonds. The van der Waals surface area contributed by atoms with Crippen molar-refractivity contribution in [2.24, 2.45) is 23.7 Å². The molecule has 2 aliphatic carbocycles. The first-order valence-corrected chi connectivity index (χ1v) is 9.61. The average Bonchev–Trinajstić information content (AvgIpc) is 3.32. The summed E-state index contributed by atoms with van der Waals surface area (Å²) in [5.41, 5.74) is 1.76. The Hall–Kier alpha value is -3.08. The molecule has 4 rings (SSSR count). The fourth-order valence-corrected chi connectivity index (χ4v) is 4.35. The van der Waals surface area contributed by atoms with Crippen molar-refractivity contribution in [3.05, 3.63) is 72.3 Å². The van der Waals surface area contributed by atoms with Crippen LogP contribution in [-0.2, 0) is 16.0 Å². The van der Waals surface area contributed by atoms with Gasteiger partial charge in [0.15, 0.2) is 0 Å². The van der Waals surface area contributed by atoms with Crippen LogP contribution in [0.3, 0.4) is 0 Å². The average molecular weight is 377 g/mol. The number of benzene rings is 2. The maximum absolute atomic E-state index is 12.9. The second-order valence-corrected chi connectivity index (χ2v) is 7.41. The molecule has 144 valence electrons. The number of carboxylic acids is 1. The van der Waals surface area contributed by atoms with Crippen LogP contribution in [0.1, 0.15) is 12.0 Å². The number of ether oxygens (including phenoxy) is 1. The van der Waals surface area contributed by atoms with Gasteiger partial charge in [-0.3, -0.25) is 9.59 Å². The minimum absolute atomic E-state index is 0.00254. The van der Waals surface area contributed by atoms with Gasteiger partial charge >= 0.3 is 5.97 Å². The van der Waals surface area contributed by atoms with Crippen molar-refractivity contribution in [2.45, 2.75) is 12.8 Å². The molecule has 2 N–H and O–H groups in total. The number of hydrogen-bond donors (Lipinski definition) is 2. The van der Waals surface area contributed by atoms with Gasteiger partial charge in [-0.05, 0) is 36.0 Å². The molecule has 2 aliphatic rings. The summed E-state index contributed by atoms with van der Waals surface area (Å²) in [4.78, 5) is 24.6. The molecule has 1 fully saturated rings. The molecule has 0 aliphatic heterocycles. The quantitative estimate of drug-likeness (QED) is 0.720. The lowest BCUT2D eigenvalue weighted by atomic mass is 9.82. The van der Waals surface area contributed by atoms with E-state index < -0.39 is 17.8 Å². The number of anilines is 1. The fourth-order valence-electron chi connectivity index (χ4n) is 4.35. The van der Waals surface area contributed by atoms with Crippen LogP contribution in [0.15, 0.2) is 66.7 Å². The molecule has 4 unspecified atom stereocenters. The molecule has 2 aromatic rings. The van der Waals surface area contributed by atoms with Gasteiger partial charge in [0.05, 0.1) is 24.1 Å². The Morgan fingerprint density at radius 3 is 2.39 bits per heavy atom. The maximum atomic E-state index is 12.9. The van der Waals surface area contributed by atoms with E-state index in [0.29, 0.717) is 18.0 Å². The summed E-state index contributed by atoms with van der Waals surface area (Å²) in [5, 5.41) is 12.5. The number of para-hydroxylation sites is 2. The SMILES string of the molecule is O=C(O)C1C2C=CC(C2)C1C(=O)Nc1ccccc1OCCc1ccccc1. The highest BCUT2D eigenvalue weighted by Gasteiger charge is 2.51. The highest BCUT2D eigenvalue weighted by Crippen LogP contribution is 2.48. The number of carboxylic acid groups (broad SMARTS) is 1. The maximum Gasteiger partial charge on any atom is 0.307 e. The number of aliphatic carboxylic acids is 1. The first-order chi connectivity index (χ1) is 13.6. The summed E-state index contributed by atoms with van der Waals surface area (Å²) in [7, 11) is 0. The Morgan fingerprint density at radius 1 is 0.964 bits per heavy atom. The van der Waals surface area contributed by atoms with Gasteiger partial charge in [0.1, 0.15) is 5.75 Å². The first kappa shape index (κ1) is 18.3. The van der Waals surface area contributed by atoms with E-state index in [-0.39, 0.29) is 17.7 Å². The summed E-state index contributed by atoms with van der Waals surface area (Å²) in [6.45, 7) is 0.492. The Labute approximate surface area is 164 Å². The van der Waals surface area contributed by atoms with Crippen molar-refractivity contribution in [1.29, 1.82) is 0 Å². The van der Waals surface area contributed by atoms with E-state index in [0.717, 1.165) is 12.8 Å². The highest BCUT2D eigenvalue weighted by atomic mass is 16.5. The third kappa shape index (κ3) is 3.65. The van der Waals surface area contributed by atoms with Crippen LogP contribution in [0.4, 0.5) is 5.69 Å². The zero-order valence-corrected chi connectivity index (χ0v) is 15.5. The molecule has 0 heterocycles. The molecule has 0 spiro atoms. The number of allylic oxidation sites excluding steroid dienone is 2. The van der Waals surface area contributed by atoms with E-state index in [1.54, 1.807) is 6.07 Å². The van der Waals surface area contributed by atoms with Crippen molar-refractivity contribution in [1.82, 2.24) is 0 Å². The van der Waals surface area contributed by atoms with Gasteiger partial charge in [0.2, 0.25) is 5.91 Å². The summed E-state index contributed by atoms with van der Waals surface area (Å²) >= 11 is 0. The van der Waals surface area contributed by atoms with Crippen LogP contribution < -0.4 is 10.1 Å². The fraction of sp³-hybridized carbons (Fsp3) is 0.304. The Morgan fingerprint density at radius 2 is 1.64 bits per heavy atom. The van der Waals surface area contributed by atoms with Crippen molar-refractivity contribution in [3.8, 4) is 5.75 Å². The van der Waals surface area contributed by atoms with E-state index in [9.17, 15) is 14.7 Å². The second-order valence-electron chi connectivity index (χ2n) is 7.41. The van der Waals surface area contributed by atoms with Gasteiger partial charge in [-0.15, -0.1) is 0 Å². The summed E-state index contributed by atoms with van der Waals surface area (Å²) < 4.78 is 5.90. The second kappa shape index (κ2) is 7.89. The van der Waals surface area contributed by atoms with Gasteiger partial charge in [-0.25, -0.2) is 0 Å². The molecule has 2 aromatic carbocycles. The van der Waals surface area contributed by atoms with Crippen molar-refractivity contribution < 1.29 is 19.4 Å². The van der Waals surface area contributed by atoms with Crippen LogP contribution in [0, 0.1) is 23.7 Å². The molecule has 0 saturated heterocycles. The van der Waals surface area contributed by atoms with E-state index in [1.165, 1.54) is 5.56 Å². The standard InChI is InChI=1S/C23H23NO4/c25-22(20-16-10-11-17(14-16)21(20)23(26)27)24-18-8-4-5-9-19(18)28-13-12-15-6-2-1-3-7-15/h1-11,16-17,20-21H,12-14H2,(H,24,25)(H,26,27). The Kier molecular flexibility index (Phi) is 5.15. The molecule has 1 saturated carbocycles. The molecule has 28 heavy (non-hydrogen) atoms. The predicted molar refractivity (Wildman–Crippen MR) is 106 cm³/mol. The summed E-state index contributed by atoms with van der Waals surface area (Å²) in [5.74, 6) is -1.79. The van der Waals surface area contributed by atoms with Crippen LogP contribution in [0.25, 0.3) is 0 Å². The van der Waals surface area contributed by atoms with Gasteiger partial charge in [-0.1, -0.05) is 54.6 Å². The monoisotopic (exact) mass is 377 g/mol. The van der Waals surface area contributed by atoms with E-state index in [1.807, 2.05) is 60.7 Å². The number of amides is 1. The molecule has 0 aromatic heterocycles. The zero-order valence-electron chi connectivity index (χ0n) is 15.5. The van der Waals surface area contributed by atoms with E-state index in [2.05, 4.69) is 5.32 Å². The highest BCUT2D eigenvalue weighted by molar-refractivity contribution is 5.97. The van der Waals surface area contributed by atoms with Gasteiger partial charge in [0, 0.05) is 6.42 Å². The minimum Gasteiger partial charge on any atom is -0.491 e. The van der Waals surface area contributed by atoms with Gasteiger partial charge in [0.25, 0.3) is 0 Å². The Balaban J connectivity index is 1.43. The van der Waals surface area contributed by atoms with Crippen LogP contribution in [0.5, 0.6) is 5.75 Å². The lowest BCUT2D eigenvalue weighted by molar-refractivity contribution is -0.146. The van der Waals surface area contributed by atoms with E-state index >= 15 is 0 Å². The van der Waals surface area contributed by atoms with Crippen LogP contribution in [-0.4, -0.2) is 23.6 Å². The third-order valence-electron chi connectivity index (χ3n) is 5.68. The third-order valence-corrected chi connectivity index (χ3v) is 5.68. The van der Waals surface area contributed by atoms with Crippen molar-refractivity contribution in [3.63, 3.8) is 0 Å². The molecule has 2 bridgehead atoms. The first-order valence-electron chi connectivity index (χ1n) is 9.61. The number of fused-ring (bicyclic) bond motifs is 2. The topological polar surface area (TPSA) is 75.6 Å². The smallest absolute Gasteiger partial charge is 0.307 e. The summed E-state index contributed by atoms with van der Waals surface area (Å²) in [6.07, 6.45) is 5.43. The number of nitrogens with one attached hydrogen (secondary N) is 1. The molecule has 0 radical (unpaired) electrons. The van der Waals surface area contributed by atoms with Crippen LogP contribution >= 0.6 is 0 Å². The minimum atomic E-state index is -0.899. The number of rotatable bonds is 7. The molecule has 4 atom stereocenters. The van der Waals surface area contributed by atoms with E-state index in [4.69, 9.17) is 4.74 Å². The van der Waals surface area contributed by atoms with Gasteiger partial charge in [-0.2, -0.15) is 0 Å². The largest absolute Gasteiger partial charge is 0.491 e. The number of carbonyl (C=O) groups excluding carboxylic acids is 1. The number of hydrogen-bond acceptors (Lipinski definition) is 3. The molecular weight excluding hydrogens is 354 g/mol. The van der Waals surface area contributed by atoms with Gasteiger partial charge < -0.3 is 15.2 Å². The summed E-state index contributed by atoms with van der Waals surface area (Å²) in [6, 6.07) is 17.3. The molecule has 5 nitrogen and oxygen atoms in total. The zero-order chi connectivity index (χ0) is 19.5. The lowest BCUT2D eigenvalue weighted by Crippen LogP contribution is -2.36. The van der Waals surface area contributed by atoms with Crippen molar-refractivity contribution in [2.75, 3.05) is 11.9 Å². The number of carbonyl (C=O) groups is 2.